The van der Waals surface area contributed by atoms with Gasteiger partial charge in [0, 0.05) is 39.3 Å². The summed E-state index contributed by atoms with van der Waals surface area (Å²) in [7, 11) is 2.21. The van der Waals surface area contributed by atoms with Crippen molar-refractivity contribution in [3.8, 4) is 0 Å². The molecule has 2 rings (SSSR count). The van der Waals surface area contributed by atoms with Crippen molar-refractivity contribution in [1.29, 1.82) is 0 Å². The topological polar surface area (TPSA) is 30.5 Å². The highest BCUT2D eigenvalue weighted by atomic mass is 15.2. The van der Waals surface area contributed by atoms with Crippen molar-refractivity contribution >= 4 is 0 Å². The van der Waals surface area contributed by atoms with E-state index in [0.29, 0.717) is 0 Å². The molecular weight excluding hydrogens is 212 g/mol. The van der Waals surface area contributed by atoms with Gasteiger partial charge in [-0.3, -0.25) is 4.90 Å². The largest absolute Gasteiger partial charge is 0.316 e. The van der Waals surface area contributed by atoms with Crippen LogP contribution in [0, 0.1) is 5.92 Å². The Balaban J connectivity index is 1.48. The van der Waals surface area contributed by atoms with Crippen LogP contribution in [0.2, 0.25) is 0 Å². The zero-order valence-corrected chi connectivity index (χ0v) is 11.2. The summed E-state index contributed by atoms with van der Waals surface area (Å²) in [6.45, 7) is 10.9. The van der Waals surface area contributed by atoms with Gasteiger partial charge in [-0.05, 0) is 45.4 Å². The number of piperidine rings is 1. The molecule has 2 N–H and O–H groups in total. The molecule has 2 aliphatic heterocycles. The van der Waals surface area contributed by atoms with Crippen molar-refractivity contribution < 1.29 is 0 Å². The molecule has 1 unspecified atom stereocenters. The van der Waals surface area contributed by atoms with Gasteiger partial charge in [0.1, 0.15) is 0 Å². The third-order valence-electron chi connectivity index (χ3n) is 4.03. The van der Waals surface area contributed by atoms with Crippen molar-refractivity contribution in [1.82, 2.24) is 20.4 Å². The normalized spacial score (nSPS) is 28.4. The quantitative estimate of drug-likeness (QED) is 0.653. The van der Waals surface area contributed by atoms with Crippen LogP contribution in [0.15, 0.2) is 0 Å². The second-order valence-corrected chi connectivity index (χ2v) is 5.56. The summed E-state index contributed by atoms with van der Waals surface area (Å²) >= 11 is 0. The van der Waals surface area contributed by atoms with Gasteiger partial charge in [0.05, 0.1) is 0 Å². The van der Waals surface area contributed by atoms with E-state index in [1.54, 1.807) is 0 Å². The molecule has 0 aromatic carbocycles. The summed E-state index contributed by atoms with van der Waals surface area (Å²) in [6, 6.07) is 0. The predicted molar refractivity (Wildman–Crippen MR) is 72.4 cm³/mol. The fourth-order valence-corrected chi connectivity index (χ4v) is 2.71. The zero-order chi connectivity index (χ0) is 11.9. The first kappa shape index (κ1) is 13.3. The molecule has 2 saturated heterocycles. The number of rotatable bonds is 5. The molecule has 0 aliphatic carbocycles. The number of piperazine rings is 1. The fourth-order valence-electron chi connectivity index (χ4n) is 2.71. The number of nitrogens with one attached hydrogen (secondary N) is 2. The van der Waals surface area contributed by atoms with Crippen LogP contribution in [0.25, 0.3) is 0 Å². The highest BCUT2D eigenvalue weighted by Gasteiger charge is 2.14. The van der Waals surface area contributed by atoms with Gasteiger partial charge >= 0.3 is 0 Å². The Labute approximate surface area is 106 Å². The maximum Gasteiger partial charge on any atom is 0.0110 e. The second kappa shape index (κ2) is 7.31. The summed E-state index contributed by atoms with van der Waals surface area (Å²) in [6.07, 6.45) is 2.75. The van der Waals surface area contributed by atoms with Crippen molar-refractivity contribution in [2.75, 3.05) is 66.0 Å². The Morgan fingerprint density at radius 2 is 2.06 bits per heavy atom. The molecule has 0 spiro atoms. The zero-order valence-electron chi connectivity index (χ0n) is 11.2. The lowest BCUT2D eigenvalue weighted by atomic mass is 10.00. The molecule has 4 heteroatoms. The summed E-state index contributed by atoms with van der Waals surface area (Å²) in [4.78, 5) is 4.99. The lowest BCUT2D eigenvalue weighted by molar-refractivity contribution is 0.154. The van der Waals surface area contributed by atoms with Crippen LogP contribution in [0.5, 0.6) is 0 Å². The van der Waals surface area contributed by atoms with Gasteiger partial charge in [-0.15, -0.1) is 0 Å². The van der Waals surface area contributed by atoms with Crippen LogP contribution in [-0.2, 0) is 0 Å². The Morgan fingerprint density at radius 3 is 2.76 bits per heavy atom. The first-order valence-electron chi connectivity index (χ1n) is 7.17. The average molecular weight is 240 g/mol. The molecule has 0 amide bonds. The van der Waals surface area contributed by atoms with E-state index in [1.165, 1.54) is 65.2 Å². The Kier molecular flexibility index (Phi) is 5.71. The standard InChI is InChI=1S/C13H28N4/c1-16-7-9-17(10-8-16)6-5-15-12-13-3-2-4-14-11-13/h13-15H,2-12H2,1H3. The van der Waals surface area contributed by atoms with Crippen LogP contribution in [-0.4, -0.2) is 75.8 Å². The first-order chi connectivity index (χ1) is 8.34. The maximum atomic E-state index is 3.62. The molecule has 2 heterocycles. The molecule has 0 aromatic heterocycles. The predicted octanol–water partition coefficient (Wildman–Crippen LogP) is -0.177. The first-order valence-corrected chi connectivity index (χ1v) is 7.17. The molecule has 4 nitrogen and oxygen atoms in total. The lowest BCUT2D eigenvalue weighted by Gasteiger charge is -2.32. The molecule has 0 radical (unpaired) electrons. The number of hydrogen-bond donors (Lipinski definition) is 2. The summed E-state index contributed by atoms with van der Waals surface area (Å²) in [5, 5.41) is 7.09. The third-order valence-corrected chi connectivity index (χ3v) is 4.03. The molecule has 17 heavy (non-hydrogen) atoms. The van der Waals surface area contributed by atoms with Gasteiger partial charge in [0.15, 0.2) is 0 Å². The van der Waals surface area contributed by atoms with Crippen LogP contribution in [0.3, 0.4) is 0 Å². The van der Waals surface area contributed by atoms with E-state index in [-0.39, 0.29) is 0 Å². The van der Waals surface area contributed by atoms with Gasteiger partial charge in [-0.1, -0.05) is 0 Å². The molecular formula is C13H28N4. The van der Waals surface area contributed by atoms with Gasteiger partial charge in [-0.2, -0.15) is 0 Å². The SMILES string of the molecule is CN1CCN(CCNCC2CCCNC2)CC1. The maximum absolute atomic E-state index is 3.62. The van der Waals surface area contributed by atoms with Gasteiger partial charge < -0.3 is 15.5 Å². The van der Waals surface area contributed by atoms with E-state index in [4.69, 9.17) is 0 Å². The van der Waals surface area contributed by atoms with Crippen LogP contribution in [0.4, 0.5) is 0 Å². The van der Waals surface area contributed by atoms with E-state index in [2.05, 4.69) is 27.5 Å². The smallest absolute Gasteiger partial charge is 0.0110 e. The van der Waals surface area contributed by atoms with Crippen LogP contribution >= 0.6 is 0 Å². The molecule has 0 saturated carbocycles. The molecule has 100 valence electrons. The van der Waals surface area contributed by atoms with E-state index in [9.17, 15) is 0 Å². The number of likely N-dealkylation sites (N-methyl/N-ethyl adjacent to an activating group) is 1. The van der Waals surface area contributed by atoms with Crippen LogP contribution < -0.4 is 10.6 Å². The summed E-state index contributed by atoms with van der Waals surface area (Å²) in [5.41, 5.74) is 0. The van der Waals surface area contributed by atoms with E-state index in [1.807, 2.05) is 0 Å². The minimum Gasteiger partial charge on any atom is -0.316 e. The highest BCUT2D eigenvalue weighted by molar-refractivity contribution is 4.73. The average Bonchev–Trinajstić information content (AvgIpc) is 2.38. The Bertz CT molecular complexity index is 196. The summed E-state index contributed by atoms with van der Waals surface area (Å²) < 4.78 is 0. The second-order valence-electron chi connectivity index (χ2n) is 5.56. The number of hydrogen-bond acceptors (Lipinski definition) is 4. The third kappa shape index (κ3) is 4.92. The lowest BCUT2D eigenvalue weighted by Crippen LogP contribution is -2.47. The fraction of sp³-hybridized carbons (Fsp3) is 1.00. The van der Waals surface area contributed by atoms with E-state index in [0.717, 1.165) is 12.5 Å². The van der Waals surface area contributed by atoms with Gasteiger partial charge in [0.25, 0.3) is 0 Å². The van der Waals surface area contributed by atoms with Crippen LogP contribution in [0.1, 0.15) is 12.8 Å². The van der Waals surface area contributed by atoms with Crippen molar-refractivity contribution in [3.05, 3.63) is 0 Å². The van der Waals surface area contributed by atoms with Gasteiger partial charge in [0.2, 0.25) is 0 Å². The molecule has 2 fully saturated rings. The monoisotopic (exact) mass is 240 g/mol. The number of nitrogens with zero attached hydrogens (tertiary/aromatic N) is 2. The Morgan fingerprint density at radius 1 is 1.24 bits per heavy atom. The summed E-state index contributed by atoms with van der Waals surface area (Å²) in [5.74, 6) is 0.858. The van der Waals surface area contributed by atoms with E-state index >= 15 is 0 Å². The van der Waals surface area contributed by atoms with Crippen molar-refractivity contribution in [2.45, 2.75) is 12.8 Å². The van der Waals surface area contributed by atoms with Crippen molar-refractivity contribution in [2.24, 2.45) is 5.92 Å². The molecule has 0 bridgehead atoms. The van der Waals surface area contributed by atoms with Gasteiger partial charge in [-0.25, -0.2) is 0 Å². The molecule has 0 aromatic rings. The van der Waals surface area contributed by atoms with E-state index < -0.39 is 0 Å². The Hall–Kier alpha value is -0.160. The van der Waals surface area contributed by atoms with Crippen molar-refractivity contribution in [3.63, 3.8) is 0 Å². The highest BCUT2D eigenvalue weighted by Crippen LogP contribution is 2.07. The minimum atomic E-state index is 0.858. The molecule has 2 aliphatic rings. The minimum absolute atomic E-state index is 0.858. The molecule has 1 atom stereocenters.